The third-order valence-corrected chi connectivity index (χ3v) is 7.02. The molecule has 17 heteroatoms. The Kier molecular flexibility index (Phi) is 9.13. The maximum absolute atomic E-state index is 14.0. The summed E-state index contributed by atoms with van der Waals surface area (Å²) < 4.78 is 129. The number of ether oxygens (including phenoxy) is 1. The molecule has 2 heterocycles. The van der Waals surface area contributed by atoms with Gasteiger partial charge in [0.05, 0.1) is 35.9 Å². The van der Waals surface area contributed by atoms with Crippen LogP contribution in [0, 0.1) is 6.92 Å². The number of aliphatic hydroxyl groups is 1. The van der Waals surface area contributed by atoms with E-state index in [-0.39, 0.29) is 48.2 Å². The molecular formula is C27H29F9N6O2. The smallest absolute Gasteiger partial charge is 0.351 e. The van der Waals surface area contributed by atoms with E-state index in [4.69, 9.17) is 4.74 Å². The highest BCUT2D eigenvalue weighted by molar-refractivity contribution is 5.62. The fraction of sp³-hybridized carbons (Fsp3) is 0.519. The Bertz CT molecular complexity index is 1440. The molecule has 0 aliphatic carbocycles. The summed E-state index contributed by atoms with van der Waals surface area (Å²) in [7, 11) is 1.39. The van der Waals surface area contributed by atoms with Gasteiger partial charge in [-0.2, -0.15) is 44.3 Å². The Hall–Kier alpha value is -3.60. The number of hydrogen-bond acceptors (Lipinski definition) is 7. The standard InChI is InChI=1S/C27H29F9N6O2/c1-14(2)44-24(43)41-7-5-6-21(19-8-15(3)20(12-22(19)41)27(34,35)36)42(23-37-39-40(4)38-23)13-16-9-17(25(28,29)30)11-18(10-16)26(31,32)33/h8-12,14,21,24,43H,5-7,13H2,1-4H3/t21-,24?/m0/s1. The van der Waals surface area contributed by atoms with Crippen molar-refractivity contribution in [1.29, 1.82) is 0 Å². The molecule has 8 nitrogen and oxygen atoms in total. The van der Waals surface area contributed by atoms with Crippen LogP contribution in [0.2, 0.25) is 0 Å². The number of nitrogens with zero attached hydrogens (tertiary/aromatic N) is 6. The van der Waals surface area contributed by atoms with Gasteiger partial charge in [-0.25, -0.2) is 0 Å². The third-order valence-electron chi connectivity index (χ3n) is 7.02. The summed E-state index contributed by atoms with van der Waals surface area (Å²) in [5.41, 5.74) is -4.50. The molecule has 44 heavy (non-hydrogen) atoms. The van der Waals surface area contributed by atoms with E-state index in [1.807, 2.05) is 0 Å². The minimum Gasteiger partial charge on any atom is -0.351 e. The second-order valence-corrected chi connectivity index (χ2v) is 10.7. The zero-order chi connectivity index (χ0) is 32.8. The topological polar surface area (TPSA) is 79.5 Å². The summed E-state index contributed by atoms with van der Waals surface area (Å²) in [5, 5.41) is 22.6. The summed E-state index contributed by atoms with van der Waals surface area (Å²) in [6, 6.07) is 2.27. The van der Waals surface area contributed by atoms with Crippen LogP contribution in [0.5, 0.6) is 0 Å². The molecule has 0 amide bonds. The predicted molar refractivity (Wildman–Crippen MR) is 139 cm³/mol. The van der Waals surface area contributed by atoms with Crippen molar-refractivity contribution >= 4 is 11.6 Å². The normalized spacial score (nSPS) is 17.1. The number of halogens is 9. The largest absolute Gasteiger partial charge is 0.416 e. The molecular weight excluding hydrogens is 611 g/mol. The Morgan fingerprint density at radius 1 is 0.955 bits per heavy atom. The van der Waals surface area contributed by atoms with Gasteiger partial charge in [-0.1, -0.05) is 11.2 Å². The number of aliphatic hydroxyl groups excluding tert-OH is 1. The molecule has 1 aliphatic heterocycles. The molecule has 242 valence electrons. The lowest BCUT2D eigenvalue weighted by molar-refractivity contribution is -0.143. The molecule has 0 spiro atoms. The molecule has 0 fully saturated rings. The summed E-state index contributed by atoms with van der Waals surface area (Å²) in [4.78, 5) is 3.56. The number of alkyl halides is 9. The van der Waals surface area contributed by atoms with E-state index in [9.17, 15) is 44.6 Å². The maximum Gasteiger partial charge on any atom is 0.416 e. The number of hydrogen-bond donors (Lipinski definition) is 1. The van der Waals surface area contributed by atoms with Crippen LogP contribution in [-0.2, 0) is 36.9 Å². The van der Waals surface area contributed by atoms with Crippen LogP contribution in [0.3, 0.4) is 0 Å². The molecule has 2 atom stereocenters. The van der Waals surface area contributed by atoms with Gasteiger partial charge in [0.15, 0.2) is 0 Å². The van der Waals surface area contributed by atoms with E-state index >= 15 is 0 Å². The number of fused-ring (bicyclic) bond motifs is 1. The second kappa shape index (κ2) is 12.1. The van der Waals surface area contributed by atoms with Crippen molar-refractivity contribution in [2.24, 2.45) is 7.05 Å². The van der Waals surface area contributed by atoms with Gasteiger partial charge >= 0.3 is 18.5 Å². The van der Waals surface area contributed by atoms with Crippen molar-refractivity contribution in [3.05, 3.63) is 63.7 Å². The van der Waals surface area contributed by atoms with Crippen molar-refractivity contribution < 1.29 is 49.4 Å². The van der Waals surface area contributed by atoms with Crippen molar-refractivity contribution in [3.63, 3.8) is 0 Å². The van der Waals surface area contributed by atoms with Crippen LogP contribution in [0.25, 0.3) is 0 Å². The Labute approximate surface area is 246 Å². The van der Waals surface area contributed by atoms with Crippen LogP contribution < -0.4 is 9.80 Å². The average molecular weight is 641 g/mol. The second-order valence-electron chi connectivity index (χ2n) is 10.7. The van der Waals surface area contributed by atoms with E-state index in [0.29, 0.717) is 12.1 Å². The van der Waals surface area contributed by atoms with Crippen molar-refractivity contribution in [1.82, 2.24) is 20.2 Å². The van der Waals surface area contributed by atoms with E-state index in [1.165, 1.54) is 29.8 Å². The number of benzene rings is 2. The molecule has 0 saturated heterocycles. The first-order chi connectivity index (χ1) is 20.3. The molecule has 1 unspecified atom stereocenters. The number of tetrazole rings is 1. The van der Waals surface area contributed by atoms with E-state index in [0.717, 1.165) is 10.9 Å². The average Bonchev–Trinajstić information content (AvgIpc) is 3.22. The van der Waals surface area contributed by atoms with Crippen LogP contribution in [0.1, 0.15) is 66.1 Å². The fourth-order valence-electron chi connectivity index (χ4n) is 5.16. The highest BCUT2D eigenvalue weighted by atomic mass is 19.4. The summed E-state index contributed by atoms with van der Waals surface area (Å²) >= 11 is 0. The van der Waals surface area contributed by atoms with E-state index < -0.39 is 65.9 Å². The zero-order valence-corrected chi connectivity index (χ0v) is 23.9. The minimum absolute atomic E-state index is 0.00534. The number of anilines is 2. The molecule has 4 rings (SSSR count). The van der Waals surface area contributed by atoms with Gasteiger partial charge in [-0.3, -0.25) is 0 Å². The predicted octanol–water partition coefficient (Wildman–Crippen LogP) is 6.62. The summed E-state index contributed by atoms with van der Waals surface area (Å²) in [5.74, 6) is -0.181. The lowest BCUT2D eigenvalue weighted by atomic mass is 9.94. The number of aromatic nitrogens is 4. The molecule has 0 bridgehead atoms. The number of rotatable bonds is 7. The quantitative estimate of drug-likeness (QED) is 0.230. The van der Waals surface area contributed by atoms with Crippen molar-refractivity contribution in [2.75, 3.05) is 16.3 Å². The molecule has 0 radical (unpaired) electrons. The van der Waals surface area contributed by atoms with Crippen LogP contribution in [0.15, 0.2) is 30.3 Å². The van der Waals surface area contributed by atoms with Crippen molar-refractivity contribution in [2.45, 2.75) is 77.2 Å². The first-order valence-corrected chi connectivity index (χ1v) is 13.4. The Morgan fingerprint density at radius 2 is 1.57 bits per heavy atom. The van der Waals surface area contributed by atoms with Gasteiger partial charge in [0.1, 0.15) is 0 Å². The zero-order valence-electron chi connectivity index (χ0n) is 23.9. The van der Waals surface area contributed by atoms with Crippen LogP contribution in [-0.4, -0.2) is 44.4 Å². The summed E-state index contributed by atoms with van der Waals surface area (Å²) in [6.45, 7) is 3.89. The molecule has 2 aromatic carbocycles. The molecule has 1 N–H and O–H groups in total. The molecule has 1 aromatic heterocycles. The lowest BCUT2D eigenvalue weighted by Gasteiger charge is -2.34. The summed E-state index contributed by atoms with van der Waals surface area (Å²) in [6.07, 6.45) is -16.8. The first kappa shape index (κ1) is 33.3. The third kappa shape index (κ3) is 7.36. The van der Waals surface area contributed by atoms with Gasteiger partial charge in [0, 0.05) is 18.8 Å². The fourth-order valence-corrected chi connectivity index (χ4v) is 5.16. The minimum atomic E-state index is -5.10. The Morgan fingerprint density at radius 3 is 2.07 bits per heavy atom. The molecule has 1 aliphatic rings. The van der Waals surface area contributed by atoms with Crippen molar-refractivity contribution in [3.8, 4) is 0 Å². The first-order valence-electron chi connectivity index (χ1n) is 13.4. The highest BCUT2D eigenvalue weighted by Gasteiger charge is 2.40. The highest BCUT2D eigenvalue weighted by Crippen LogP contribution is 2.44. The van der Waals surface area contributed by atoms with Crippen LogP contribution >= 0.6 is 0 Å². The van der Waals surface area contributed by atoms with E-state index in [2.05, 4.69) is 15.4 Å². The lowest BCUT2D eigenvalue weighted by Crippen LogP contribution is -2.40. The number of aryl methyl sites for hydroxylation is 2. The maximum atomic E-state index is 14.0. The molecule has 3 aromatic rings. The SMILES string of the molecule is Cc1cc2c(cc1C(F)(F)F)N(C(O)OC(C)C)CCC[C@@H]2N(Cc1cc(C(F)(F)F)cc(C(F)(F)F)c1)c1nnn(C)n1. The molecule has 0 saturated carbocycles. The van der Waals surface area contributed by atoms with E-state index in [1.54, 1.807) is 13.8 Å². The Balaban J connectivity index is 1.92. The monoisotopic (exact) mass is 640 g/mol. The van der Waals surface area contributed by atoms with Gasteiger partial charge in [-0.05, 0) is 79.8 Å². The van der Waals surface area contributed by atoms with Gasteiger partial charge in [0.25, 0.3) is 5.95 Å². The van der Waals surface area contributed by atoms with Gasteiger partial charge in [0.2, 0.25) is 6.41 Å². The van der Waals surface area contributed by atoms with Gasteiger partial charge < -0.3 is 19.6 Å². The van der Waals surface area contributed by atoms with Crippen LogP contribution in [0.4, 0.5) is 51.1 Å². The van der Waals surface area contributed by atoms with Gasteiger partial charge in [-0.15, -0.1) is 5.10 Å².